The summed E-state index contributed by atoms with van der Waals surface area (Å²) in [5.41, 5.74) is 0.354. The standard InChI is InChI=1S/C12H13F2NO5S/c13-12(14)21(19,20)9-3-1-7(2-4-9)15-6-8(16)5-10(15)11(17)18/h1-4,8,10,12,16H,5-6H2,(H,17,18). The Balaban J connectivity index is 2.29. The zero-order chi connectivity index (χ0) is 15.8. The van der Waals surface area contributed by atoms with Crippen LogP contribution in [0.4, 0.5) is 14.5 Å². The Morgan fingerprint density at radius 3 is 2.33 bits per heavy atom. The van der Waals surface area contributed by atoms with Crippen molar-refractivity contribution in [2.24, 2.45) is 0 Å². The number of hydrogen-bond acceptors (Lipinski definition) is 5. The van der Waals surface area contributed by atoms with Crippen molar-refractivity contribution in [3.63, 3.8) is 0 Å². The van der Waals surface area contributed by atoms with Crippen LogP contribution in [0.15, 0.2) is 29.2 Å². The molecule has 2 N–H and O–H groups in total. The van der Waals surface area contributed by atoms with Gasteiger partial charge < -0.3 is 15.1 Å². The van der Waals surface area contributed by atoms with Crippen molar-refractivity contribution < 1.29 is 32.2 Å². The molecule has 0 amide bonds. The van der Waals surface area contributed by atoms with Crippen LogP contribution in [0.1, 0.15) is 6.42 Å². The van der Waals surface area contributed by atoms with Gasteiger partial charge in [-0.1, -0.05) is 0 Å². The van der Waals surface area contributed by atoms with Gasteiger partial charge in [0.1, 0.15) is 6.04 Å². The minimum absolute atomic E-state index is 0.0480. The first-order valence-electron chi connectivity index (χ1n) is 6.03. The van der Waals surface area contributed by atoms with Crippen LogP contribution in [-0.2, 0) is 14.6 Å². The molecule has 6 nitrogen and oxygen atoms in total. The number of aliphatic carboxylic acids is 1. The van der Waals surface area contributed by atoms with Crippen molar-refractivity contribution in [1.82, 2.24) is 0 Å². The van der Waals surface area contributed by atoms with Crippen molar-refractivity contribution in [3.8, 4) is 0 Å². The summed E-state index contributed by atoms with van der Waals surface area (Å²) in [6.45, 7) is 0.0813. The molecule has 1 aliphatic heterocycles. The van der Waals surface area contributed by atoms with Crippen molar-refractivity contribution in [3.05, 3.63) is 24.3 Å². The van der Waals surface area contributed by atoms with Gasteiger partial charge in [-0.15, -0.1) is 0 Å². The summed E-state index contributed by atoms with van der Waals surface area (Å²) in [5, 5.41) is 18.6. The fourth-order valence-corrected chi connectivity index (χ4v) is 2.98. The number of aliphatic hydroxyl groups is 1. The van der Waals surface area contributed by atoms with E-state index in [9.17, 15) is 27.1 Å². The average molecular weight is 321 g/mol. The van der Waals surface area contributed by atoms with Crippen LogP contribution in [0.25, 0.3) is 0 Å². The molecule has 2 rings (SSSR count). The fourth-order valence-electron chi connectivity index (χ4n) is 2.26. The van der Waals surface area contributed by atoms with Crippen molar-refractivity contribution in [2.75, 3.05) is 11.4 Å². The van der Waals surface area contributed by atoms with Gasteiger partial charge in [0.15, 0.2) is 0 Å². The number of rotatable bonds is 4. The molecule has 1 aliphatic rings. The lowest BCUT2D eigenvalue weighted by atomic mass is 10.2. The molecule has 1 aromatic carbocycles. The van der Waals surface area contributed by atoms with E-state index in [2.05, 4.69) is 0 Å². The van der Waals surface area contributed by atoms with Gasteiger partial charge in [-0.2, -0.15) is 8.78 Å². The fraction of sp³-hybridized carbons (Fsp3) is 0.417. The topological polar surface area (TPSA) is 94.9 Å². The molecule has 2 unspecified atom stereocenters. The minimum atomic E-state index is -4.68. The number of hydrogen-bond donors (Lipinski definition) is 2. The van der Waals surface area contributed by atoms with E-state index in [0.29, 0.717) is 5.69 Å². The summed E-state index contributed by atoms with van der Waals surface area (Å²) in [7, 11) is -4.68. The van der Waals surface area contributed by atoms with Crippen LogP contribution < -0.4 is 4.90 Å². The lowest BCUT2D eigenvalue weighted by molar-refractivity contribution is -0.138. The molecule has 0 aliphatic carbocycles. The first-order valence-corrected chi connectivity index (χ1v) is 7.57. The molecule has 2 atom stereocenters. The van der Waals surface area contributed by atoms with Crippen LogP contribution in [-0.4, -0.2) is 49.0 Å². The van der Waals surface area contributed by atoms with Crippen molar-refractivity contribution in [2.45, 2.75) is 29.2 Å². The molecule has 1 fully saturated rings. The van der Waals surface area contributed by atoms with E-state index in [1.807, 2.05) is 0 Å². The largest absolute Gasteiger partial charge is 0.480 e. The monoisotopic (exact) mass is 321 g/mol. The Bertz CT molecular complexity index is 632. The quantitative estimate of drug-likeness (QED) is 0.848. The molecule has 1 saturated heterocycles. The smallest absolute Gasteiger partial charge is 0.341 e. The number of alkyl halides is 2. The van der Waals surface area contributed by atoms with E-state index >= 15 is 0 Å². The molecule has 0 saturated carbocycles. The normalized spacial score (nSPS) is 22.8. The van der Waals surface area contributed by atoms with E-state index in [0.717, 1.165) is 12.1 Å². The Labute approximate surface area is 119 Å². The SMILES string of the molecule is O=C(O)C1CC(O)CN1c1ccc(S(=O)(=O)C(F)F)cc1. The number of benzene rings is 1. The lowest BCUT2D eigenvalue weighted by Crippen LogP contribution is -2.35. The lowest BCUT2D eigenvalue weighted by Gasteiger charge is -2.23. The molecule has 0 radical (unpaired) electrons. The first-order chi connectivity index (χ1) is 9.73. The van der Waals surface area contributed by atoms with Gasteiger partial charge in [0.25, 0.3) is 0 Å². The molecule has 0 spiro atoms. The summed E-state index contributed by atoms with van der Waals surface area (Å²) < 4.78 is 47.4. The van der Waals surface area contributed by atoms with Gasteiger partial charge in [0.2, 0.25) is 9.84 Å². The van der Waals surface area contributed by atoms with Crippen LogP contribution in [0, 0.1) is 0 Å². The highest BCUT2D eigenvalue weighted by Crippen LogP contribution is 2.28. The molecular formula is C12H13F2NO5S. The molecule has 21 heavy (non-hydrogen) atoms. The van der Waals surface area contributed by atoms with Gasteiger partial charge >= 0.3 is 11.7 Å². The number of carboxylic acid groups (broad SMARTS) is 1. The Kier molecular flexibility index (Phi) is 4.15. The second-order valence-corrected chi connectivity index (χ2v) is 6.61. The van der Waals surface area contributed by atoms with Gasteiger partial charge in [-0.05, 0) is 24.3 Å². The van der Waals surface area contributed by atoms with Crippen LogP contribution in [0.3, 0.4) is 0 Å². The third kappa shape index (κ3) is 2.98. The van der Waals surface area contributed by atoms with E-state index in [4.69, 9.17) is 5.11 Å². The first kappa shape index (κ1) is 15.6. The maximum atomic E-state index is 12.4. The average Bonchev–Trinajstić information content (AvgIpc) is 2.81. The van der Waals surface area contributed by atoms with Crippen LogP contribution >= 0.6 is 0 Å². The summed E-state index contributed by atoms with van der Waals surface area (Å²) in [6, 6.07) is 3.57. The zero-order valence-electron chi connectivity index (χ0n) is 10.7. The molecule has 1 heterocycles. The summed E-state index contributed by atoms with van der Waals surface area (Å²) >= 11 is 0. The predicted octanol–water partition coefficient (Wildman–Crippen LogP) is 0.707. The number of sulfone groups is 1. The van der Waals surface area contributed by atoms with Crippen molar-refractivity contribution >= 4 is 21.5 Å². The summed E-state index contributed by atoms with van der Waals surface area (Å²) in [6.07, 6.45) is -0.762. The van der Waals surface area contributed by atoms with Gasteiger partial charge in [0, 0.05) is 18.7 Å². The van der Waals surface area contributed by atoms with Crippen LogP contribution in [0.5, 0.6) is 0 Å². The number of anilines is 1. The molecular weight excluding hydrogens is 308 g/mol. The summed E-state index contributed by atoms with van der Waals surface area (Å²) in [4.78, 5) is 12.0. The molecule has 116 valence electrons. The maximum Gasteiger partial charge on any atom is 0.341 e. The number of carboxylic acids is 1. The molecule has 0 aromatic heterocycles. The third-order valence-corrected chi connectivity index (χ3v) is 4.69. The van der Waals surface area contributed by atoms with E-state index < -0.39 is 38.6 Å². The highest BCUT2D eigenvalue weighted by Gasteiger charge is 2.36. The van der Waals surface area contributed by atoms with Gasteiger partial charge in [-0.25, -0.2) is 13.2 Å². The van der Waals surface area contributed by atoms with E-state index in [1.54, 1.807) is 0 Å². The zero-order valence-corrected chi connectivity index (χ0v) is 11.5. The van der Waals surface area contributed by atoms with Gasteiger partial charge in [-0.3, -0.25) is 0 Å². The number of aliphatic hydroxyl groups excluding tert-OH is 1. The number of carbonyl (C=O) groups is 1. The number of nitrogens with zero attached hydrogens (tertiary/aromatic N) is 1. The van der Waals surface area contributed by atoms with E-state index in [1.165, 1.54) is 17.0 Å². The molecule has 9 heteroatoms. The highest BCUT2D eigenvalue weighted by molar-refractivity contribution is 7.91. The maximum absolute atomic E-state index is 12.4. The van der Waals surface area contributed by atoms with E-state index in [-0.39, 0.29) is 13.0 Å². The highest BCUT2D eigenvalue weighted by atomic mass is 32.2. The molecule has 1 aromatic rings. The Hall–Kier alpha value is -1.74. The minimum Gasteiger partial charge on any atom is -0.480 e. The van der Waals surface area contributed by atoms with Crippen molar-refractivity contribution in [1.29, 1.82) is 0 Å². The van der Waals surface area contributed by atoms with Gasteiger partial charge in [0.05, 0.1) is 11.0 Å². The Morgan fingerprint density at radius 2 is 1.86 bits per heavy atom. The van der Waals surface area contributed by atoms with Crippen LogP contribution in [0.2, 0.25) is 0 Å². The number of halogens is 2. The Morgan fingerprint density at radius 1 is 1.29 bits per heavy atom. The second-order valence-electron chi connectivity index (χ2n) is 4.70. The third-order valence-electron chi connectivity index (χ3n) is 3.30. The molecule has 0 bridgehead atoms. The number of β-amino-alcohol motifs (C(OH)–C–C–N with tert-alkyl or cyclic N) is 1. The second kappa shape index (κ2) is 5.57. The summed E-state index contributed by atoms with van der Waals surface area (Å²) in [5.74, 6) is -4.63. The predicted molar refractivity (Wildman–Crippen MR) is 69.0 cm³/mol.